The molecule has 88 valence electrons. The van der Waals surface area contributed by atoms with E-state index in [-0.39, 0.29) is 0 Å². The van der Waals surface area contributed by atoms with Crippen molar-refractivity contribution in [2.24, 2.45) is 0 Å². The van der Waals surface area contributed by atoms with Crippen molar-refractivity contribution in [1.29, 1.82) is 0 Å². The number of fused-ring (bicyclic) bond motifs is 1. The first-order valence-electron chi connectivity index (χ1n) is 6.07. The maximum atomic E-state index is 11.2. The zero-order valence-electron chi connectivity index (χ0n) is 9.61. The number of H-pyrrole nitrogens is 1. The van der Waals surface area contributed by atoms with Crippen molar-refractivity contribution in [2.75, 3.05) is 0 Å². The lowest BCUT2D eigenvalue weighted by Crippen LogP contribution is -2.15. The Labute approximate surface area is 105 Å². The van der Waals surface area contributed by atoms with Crippen LogP contribution in [0.1, 0.15) is 25.7 Å². The van der Waals surface area contributed by atoms with Gasteiger partial charge in [-0.15, -0.1) is 11.8 Å². The minimum absolute atomic E-state index is 0.429. The second-order valence-corrected chi connectivity index (χ2v) is 5.92. The third-order valence-electron chi connectivity index (χ3n) is 3.29. The lowest BCUT2D eigenvalue weighted by Gasteiger charge is -2.19. The zero-order chi connectivity index (χ0) is 11.7. The van der Waals surface area contributed by atoms with E-state index in [2.05, 4.69) is 29.2 Å². The molecule has 1 aromatic heterocycles. The molecular formula is C14H15NOS. The van der Waals surface area contributed by atoms with E-state index < -0.39 is 0 Å². The average Bonchev–Trinajstić information content (AvgIpc) is 2.74. The number of thioether (sulfide) groups is 1. The number of nitrogens with one attached hydrogen (secondary N) is 1. The van der Waals surface area contributed by atoms with Crippen LogP contribution < -0.4 is 0 Å². The first kappa shape index (κ1) is 10.9. The van der Waals surface area contributed by atoms with Crippen LogP contribution in [0.2, 0.25) is 0 Å². The highest BCUT2D eigenvalue weighted by molar-refractivity contribution is 7.99. The topological polar surface area (TPSA) is 32.9 Å². The summed E-state index contributed by atoms with van der Waals surface area (Å²) in [5.41, 5.74) is 1.20. The molecule has 1 heterocycles. The maximum absolute atomic E-state index is 11.2. The van der Waals surface area contributed by atoms with Gasteiger partial charge in [-0.25, -0.2) is 0 Å². The normalized spacial score (nSPS) is 17.8. The molecule has 0 radical (unpaired) electrons. The van der Waals surface area contributed by atoms with Crippen LogP contribution in [0.15, 0.2) is 35.4 Å². The number of aromatic nitrogens is 1. The largest absolute Gasteiger partial charge is 0.350 e. The number of para-hydroxylation sites is 1. The van der Waals surface area contributed by atoms with Crippen LogP contribution in [0, 0.1) is 0 Å². The van der Waals surface area contributed by atoms with Gasteiger partial charge >= 0.3 is 0 Å². The van der Waals surface area contributed by atoms with E-state index in [1.165, 1.54) is 15.9 Å². The number of aromatic amines is 1. The highest BCUT2D eigenvalue weighted by atomic mass is 32.2. The number of carbonyl (C=O) groups is 1. The molecular weight excluding hydrogens is 230 g/mol. The molecule has 1 aliphatic rings. The molecule has 2 aromatic rings. The summed E-state index contributed by atoms with van der Waals surface area (Å²) in [6.07, 6.45) is 3.58. The molecule has 0 spiro atoms. The van der Waals surface area contributed by atoms with Gasteiger partial charge in [0.15, 0.2) is 0 Å². The summed E-state index contributed by atoms with van der Waals surface area (Å²) < 4.78 is 0. The molecule has 1 fully saturated rings. The third kappa shape index (κ3) is 2.39. The highest BCUT2D eigenvalue weighted by Gasteiger charge is 2.20. The van der Waals surface area contributed by atoms with Gasteiger partial charge in [-0.05, 0) is 25.0 Å². The van der Waals surface area contributed by atoms with Crippen LogP contribution in [0.25, 0.3) is 10.9 Å². The van der Waals surface area contributed by atoms with Crippen LogP contribution >= 0.6 is 11.8 Å². The van der Waals surface area contributed by atoms with E-state index >= 15 is 0 Å². The van der Waals surface area contributed by atoms with Gasteiger partial charge in [0, 0.05) is 29.0 Å². The first-order valence-corrected chi connectivity index (χ1v) is 6.95. The number of hydrogen-bond donors (Lipinski definition) is 1. The summed E-state index contributed by atoms with van der Waals surface area (Å²) in [4.78, 5) is 14.6. The average molecular weight is 245 g/mol. The summed E-state index contributed by atoms with van der Waals surface area (Å²) in [6.45, 7) is 0. The minimum atomic E-state index is 0.429. The molecule has 0 unspecified atom stereocenters. The van der Waals surface area contributed by atoms with Crippen molar-refractivity contribution in [2.45, 2.75) is 36.0 Å². The summed E-state index contributed by atoms with van der Waals surface area (Å²) in [5, 5.41) is 3.09. The van der Waals surface area contributed by atoms with Crippen molar-refractivity contribution >= 4 is 28.4 Å². The number of hydrogen-bond acceptors (Lipinski definition) is 2. The number of Topliss-reactive ketones (excluding diaryl/α,β-unsaturated/α-hetero) is 1. The van der Waals surface area contributed by atoms with Crippen molar-refractivity contribution < 1.29 is 4.79 Å². The van der Waals surface area contributed by atoms with E-state index in [1.54, 1.807) is 0 Å². The quantitative estimate of drug-likeness (QED) is 0.873. The monoisotopic (exact) mass is 245 g/mol. The van der Waals surface area contributed by atoms with Crippen LogP contribution in [0.3, 0.4) is 0 Å². The Morgan fingerprint density at radius 3 is 2.71 bits per heavy atom. The number of benzene rings is 1. The van der Waals surface area contributed by atoms with Gasteiger partial charge in [0.25, 0.3) is 0 Å². The van der Waals surface area contributed by atoms with Crippen molar-refractivity contribution in [3.05, 3.63) is 30.3 Å². The molecule has 0 saturated heterocycles. The predicted octanol–water partition coefficient (Wildman–Crippen LogP) is 3.77. The van der Waals surface area contributed by atoms with E-state index in [1.807, 2.05) is 17.8 Å². The van der Waals surface area contributed by atoms with Gasteiger partial charge in [0.05, 0.1) is 5.03 Å². The van der Waals surface area contributed by atoms with E-state index in [0.717, 1.165) is 25.7 Å². The number of ketones is 1. The van der Waals surface area contributed by atoms with Crippen LogP contribution in [-0.4, -0.2) is 16.0 Å². The Balaban J connectivity index is 1.74. The zero-order valence-corrected chi connectivity index (χ0v) is 10.4. The molecule has 1 aromatic carbocycles. The summed E-state index contributed by atoms with van der Waals surface area (Å²) in [5.74, 6) is 0.429. The Bertz CT molecular complexity index is 503. The fourth-order valence-corrected chi connectivity index (χ4v) is 3.52. The van der Waals surface area contributed by atoms with Gasteiger partial charge in [0.2, 0.25) is 0 Å². The molecule has 0 atom stereocenters. The Hall–Kier alpha value is -1.22. The molecule has 0 bridgehead atoms. The van der Waals surface area contributed by atoms with Gasteiger partial charge in [-0.1, -0.05) is 18.2 Å². The summed E-state index contributed by atoms with van der Waals surface area (Å²) in [7, 11) is 0. The number of carbonyl (C=O) groups excluding carboxylic acids is 1. The van der Waals surface area contributed by atoms with Gasteiger partial charge in [-0.2, -0.15) is 0 Å². The summed E-state index contributed by atoms with van der Waals surface area (Å²) >= 11 is 1.88. The lowest BCUT2D eigenvalue weighted by atomic mass is 9.99. The van der Waals surface area contributed by atoms with Crippen LogP contribution in [0.4, 0.5) is 0 Å². The summed E-state index contributed by atoms with van der Waals surface area (Å²) in [6, 6.07) is 10.5. The van der Waals surface area contributed by atoms with E-state index in [9.17, 15) is 4.79 Å². The maximum Gasteiger partial charge on any atom is 0.132 e. The van der Waals surface area contributed by atoms with Gasteiger partial charge < -0.3 is 4.98 Å². The van der Waals surface area contributed by atoms with Crippen molar-refractivity contribution in [1.82, 2.24) is 4.98 Å². The Kier molecular flexibility index (Phi) is 2.93. The van der Waals surface area contributed by atoms with Crippen LogP contribution in [0.5, 0.6) is 0 Å². The minimum Gasteiger partial charge on any atom is -0.350 e. The van der Waals surface area contributed by atoms with Crippen LogP contribution in [-0.2, 0) is 4.79 Å². The fraction of sp³-hybridized carbons (Fsp3) is 0.357. The second kappa shape index (κ2) is 4.57. The molecule has 17 heavy (non-hydrogen) atoms. The lowest BCUT2D eigenvalue weighted by molar-refractivity contribution is -0.120. The van der Waals surface area contributed by atoms with Crippen molar-refractivity contribution in [3.63, 3.8) is 0 Å². The molecule has 1 N–H and O–H groups in total. The smallest absolute Gasteiger partial charge is 0.132 e. The third-order valence-corrected chi connectivity index (χ3v) is 4.57. The standard InChI is InChI=1S/C14H15NOS/c16-11-5-7-12(8-6-11)17-14-9-10-3-1-2-4-13(10)15-14/h1-4,9,12,15H,5-8H2. The highest BCUT2D eigenvalue weighted by Crippen LogP contribution is 2.33. The molecule has 2 nitrogen and oxygen atoms in total. The van der Waals surface area contributed by atoms with Gasteiger partial charge in [0.1, 0.15) is 5.78 Å². The second-order valence-electron chi connectivity index (χ2n) is 4.58. The van der Waals surface area contributed by atoms with Gasteiger partial charge in [-0.3, -0.25) is 4.79 Å². The Morgan fingerprint density at radius 1 is 1.18 bits per heavy atom. The molecule has 3 rings (SSSR count). The van der Waals surface area contributed by atoms with Crippen molar-refractivity contribution in [3.8, 4) is 0 Å². The van der Waals surface area contributed by atoms with E-state index in [4.69, 9.17) is 0 Å². The molecule has 1 saturated carbocycles. The van der Waals surface area contributed by atoms with E-state index in [0.29, 0.717) is 11.0 Å². The SMILES string of the molecule is O=C1CCC(Sc2cc3ccccc3[nH]2)CC1. The Morgan fingerprint density at radius 2 is 1.94 bits per heavy atom. The molecule has 3 heteroatoms. The predicted molar refractivity (Wildman–Crippen MR) is 71.4 cm³/mol. The number of rotatable bonds is 2. The first-order chi connectivity index (χ1) is 8.31. The molecule has 0 aliphatic heterocycles. The fourth-order valence-electron chi connectivity index (χ4n) is 2.32. The molecule has 0 amide bonds. The molecule has 1 aliphatic carbocycles.